The summed E-state index contributed by atoms with van der Waals surface area (Å²) in [6.07, 6.45) is 0. The molecule has 0 saturated carbocycles. The zero-order valence-electron chi connectivity index (χ0n) is 6.17. The van der Waals surface area contributed by atoms with Crippen molar-refractivity contribution in [3.8, 4) is 0 Å². The molecule has 0 amide bonds. The third-order valence-electron chi connectivity index (χ3n) is 1.51. The molecule has 0 radical (unpaired) electrons. The molecule has 0 fully saturated rings. The van der Waals surface area contributed by atoms with E-state index in [2.05, 4.69) is 0 Å². The van der Waals surface area contributed by atoms with E-state index in [0.29, 0.717) is 0 Å². The maximum atomic E-state index is 10.3. The predicted octanol–water partition coefficient (Wildman–Crippen LogP) is -1.63. The Balaban J connectivity index is 4.44. The van der Waals surface area contributed by atoms with Gasteiger partial charge in [-0.25, -0.2) is 0 Å². The third kappa shape index (κ3) is 2.48. The summed E-state index contributed by atoms with van der Waals surface area (Å²) in [5, 5.41) is 33.8. The minimum Gasteiger partial charge on any atom is -0.481 e. The Morgan fingerprint density at radius 1 is 0.917 bits per heavy atom. The molecule has 0 saturated heterocycles. The number of carboxylic acids is 2. The van der Waals surface area contributed by atoms with Gasteiger partial charge in [0.05, 0.1) is 25.0 Å². The highest BCUT2D eigenvalue weighted by Crippen LogP contribution is 2.11. The molecule has 6 nitrogen and oxygen atoms in total. The third-order valence-corrected chi connectivity index (χ3v) is 1.51. The van der Waals surface area contributed by atoms with Crippen molar-refractivity contribution in [2.75, 3.05) is 13.2 Å². The van der Waals surface area contributed by atoms with E-state index < -0.39 is 37.0 Å². The van der Waals surface area contributed by atoms with Crippen LogP contribution >= 0.6 is 0 Å². The Morgan fingerprint density at radius 3 is 1.25 bits per heavy atom. The molecule has 6 heteroatoms. The van der Waals surface area contributed by atoms with Gasteiger partial charge < -0.3 is 20.4 Å². The Bertz CT molecular complexity index is 157. The van der Waals surface area contributed by atoms with Gasteiger partial charge in [-0.15, -0.1) is 0 Å². The van der Waals surface area contributed by atoms with Crippen molar-refractivity contribution in [1.82, 2.24) is 0 Å². The van der Waals surface area contributed by atoms with Gasteiger partial charge in [-0.1, -0.05) is 0 Å². The number of rotatable bonds is 5. The van der Waals surface area contributed by atoms with Gasteiger partial charge in [-0.05, 0) is 0 Å². The van der Waals surface area contributed by atoms with Crippen LogP contribution in [0.15, 0.2) is 0 Å². The number of carboxylic acid groups (broad SMARTS) is 2. The first-order chi connectivity index (χ1) is 5.54. The lowest BCUT2D eigenvalue weighted by molar-refractivity contribution is -0.157. The minimum absolute atomic E-state index is 0.799. The average Bonchev–Trinajstić information content (AvgIpc) is 1.98. The molecule has 0 aliphatic rings. The lowest BCUT2D eigenvalue weighted by Crippen LogP contribution is -2.34. The Kier molecular flexibility index (Phi) is 4.24. The van der Waals surface area contributed by atoms with Gasteiger partial charge in [-0.2, -0.15) is 0 Å². The van der Waals surface area contributed by atoms with Crippen LogP contribution in [-0.2, 0) is 9.59 Å². The van der Waals surface area contributed by atoms with Crippen LogP contribution in [0.1, 0.15) is 0 Å². The topological polar surface area (TPSA) is 115 Å². The monoisotopic (exact) mass is 178 g/mol. The van der Waals surface area contributed by atoms with E-state index in [4.69, 9.17) is 20.4 Å². The molecule has 0 aromatic carbocycles. The highest BCUT2D eigenvalue weighted by Gasteiger charge is 2.32. The lowest BCUT2D eigenvalue weighted by Gasteiger charge is -2.14. The fourth-order valence-corrected chi connectivity index (χ4v) is 0.755. The van der Waals surface area contributed by atoms with Crippen LogP contribution in [-0.4, -0.2) is 45.6 Å². The summed E-state index contributed by atoms with van der Waals surface area (Å²) in [5.41, 5.74) is 0. The van der Waals surface area contributed by atoms with Crippen LogP contribution in [0.3, 0.4) is 0 Å². The molecular weight excluding hydrogens is 168 g/mol. The molecule has 0 heterocycles. The van der Waals surface area contributed by atoms with E-state index in [-0.39, 0.29) is 0 Å². The molecule has 4 N–H and O–H groups in total. The van der Waals surface area contributed by atoms with Crippen LogP contribution in [0.5, 0.6) is 0 Å². The lowest BCUT2D eigenvalue weighted by atomic mass is 9.94. The fourth-order valence-electron chi connectivity index (χ4n) is 0.755. The molecule has 70 valence electrons. The summed E-state index contributed by atoms with van der Waals surface area (Å²) in [6.45, 7) is -1.60. The Labute approximate surface area is 68.1 Å². The molecule has 0 aromatic heterocycles. The van der Waals surface area contributed by atoms with Crippen LogP contribution in [0.2, 0.25) is 0 Å². The van der Waals surface area contributed by atoms with Gasteiger partial charge in [0.1, 0.15) is 0 Å². The second-order valence-corrected chi connectivity index (χ2v) is 2.25. The van der Waals surface area contributed by atoms with Crippen LogP contribution in [0.4, 0.5) is 0 Å². The van der Waals surface area contributed by atoms with Crippen LogP contribution in [0.25, 0.3) is 0 Å². The number of aliphatic hydroxyl groups is 2. The Hall–Kier alpha value is -1.14. The number of hydrogen-bond acceptors (Lipinski definition) is 4. The summed E-state index contributed by atoms with van der Waals surface area (Å²) in [7, 11) is 0. The summed E-state index contributed by atoms with van der Waals surface area (Å²) in [4.78, 5) is 20.6. The largest absolute Gasteiger partial charge is 0.481 e. The van der Waals surface area contributed by atoms with E-state index in [1.807, 2.05) is 0 Å². The second-order valence-electron chi connectivity index (χ2n) is 2.25. The van der Waals surface area contributed by atoms with E-state index in [0.717, 1.165) is 0 Å². The summed E-state index contributed by atoms with van der Waals surface area (Å²) >= 11 is 0. The van der Waals surface area contributed by atoms with Crippen LogP contribution < -0.4 is 0 Å². The number of aliphatic hydroxyl groups excluding tert-OH is 2. The van der Waals surface area contributed by atoms with Crippen molar-refractivity contribution in [2.24, 2.45) is 11.8 Å². The number of carbonyl (C=O) groups is 2. The molecule has 0 rings (SSSR count). The maximum absolute atomic E-state index is 10.3. The molecular formula is C6H10O6. The first kappa shape index (κ1) is 10.9. The molecule has 0 spiro atoms. The number of aliphatic carboxylic acids is 2. The van der Waals surface area contributed by atoms with Crippen molar-refractivity contribution >= 4 is 11.9 Å². The predicted molar refractivity (Wildman–Crippen MR) is 36.4 cm³/mol. The highest BCUT2D eigenvalue weighted by molar-refractivity contribution is 5.80. The zero-order chi connectivity index (χ0) is 9.72. The number of hydrogen-bond donors (Lipinski definition) is 4. The van der Waals surface area contributed by atoms with Crippen molar-refractivity contribution in [3.63, 3.8) is 0 Å². The van der Waals surface area contributed by atoms with Crippen molar-refractivity contribution in [2.45, 2.75) is 0 Å². The first-order valence-corrected chi connectivity index (χ1v) is 3.22. The van der Waals surface area contributed by atoms with Crippen molar-refractivity contribution in [1.29, 1.82) is 0 Å². The quantitative estimate of drug-likeness (QED) is 0.402. The fraction of sp³-hybridized carbons (Fsp3) is 0.667. The smallest absolute Gasteiger partial charge is 0.309 e. The van der Waals surface area contributed by atoms with Gasteiger partial charge in [0.2, 0.25) is 0 Å². The molecule has 12 heavy (non-hydrogen) atoms. The minimum atomic E-state index is -1.45. The zero-order valence-corrected chi connectivity index (χ0v) is 6.17. The van der Waals surface area contributed by atoms with Gasteiger partial charge in [0.15, 0.2) is 0 Å². The molecule has 2 atom stereocenters. The van der Waals surface area contributed by atoms with Gasteiger partial charge in [0, 0.05) is 0 Å². The standard InChI is InChI=1S/C6H10O6/c7-1-3(5(9)10)4(2-8)6(11)12/h3-4,7-8H,1-2H2,(H,9,10)(H,11,12)/t3-,4+. The van der Waals surface area contributed by atoms with Crippen molar-refractivity contribution in [3.05, 3.63) is 0 Å². The van der Waals surface area contributed by atoms with Crippen molar-refractivity contribution < 1.29 is 30.0 Å². The second kappa shape index (κ2) is 4.68. The summed E-state index contributed by atoms with van der Waals surface area (Å²) in [5.74, 6) is -5.77. The van der Waals surface area contributed by atoms with Gasteiger partial charge >= 0.3 is 11.9 Å². The summed E-state index contributed by atoms with van der Waals surface area (Å²) < 4.78 is 0. The van der Waals surface area contributed by atoms with Gasteiger partial charge in [-0.3, -0.25) is 9.59 Å². The molecule has 0 bridgehead atoms. The van der Waals surface area contributed by atoms with Gasteiger partial charge in [0.25, 0.3) is 0 Å². The average molecular weight is 178 g/mol. The first-order valence-electron chi connectivity index (χ1n) is 3.22. The normalized spacial score (nSPS) is 15.2. The SMILES string of the molecule is O=C(O)[C@@H](CO)[C@@H](CO)C(=O)O. The van der Waals surface area contributed by atoms with E-state index in [1.165, 1.54) is 0 Å². The van der Waals surface area contributed by atoms with E-state index in [9.17, 15) is 9.59 Å². The van der Waals surface area contributed by atoms with E-state index in [1.54, 1.807) is 0 Å². The molecule has 0 unspecified atom stereocenters. The van der Waals surface area contributed by atoms with Crippen LogP contribution in [0, 0.1) is 11.8 Å². The molecule has 0 aliphatic carbocycles. The van der Waals surface area contributed by atoms with E-state index >= 15 is 0 Å². The Morgan fingerprint density at radius 2 is 1.17 bits per heavy atom. The summed E-state index contributed by atoms with van der Waals surface area (Å²) in [6, 6.07) is 0. The maximum Gasteiger partial charge on any atom is 0.309 e. The molecule has 0 aromatic rings. The molecule has 0 aliphatic heterocycles. The highest BCUT2D eigenvalue weighted by atomic mass is 16.4.